The van der Waals surface area contributed by atoms with E-state index in [1.807, 2.05) is 12.3 Å². The highest BCUT2D eigenvalue weighted by Gasteiger charge is 2.57. The average Bonchev–Trinajstić information content (AvgIpc) is 2.66. The van der Waals surface area contributed by atoms with Crippen molar-refractivity contribution in [1.29, 1.82) is 0 Å². The second-order valence-corrected chi connectivity index (χ2v) is 8.79. The van der Waals surface area contributed by atoms with Crippen molar-refractivity contribution >= 4 is 11.7 Å². The van der Waals surface area contributed by atoms with Gasteiger partial charge in [0, 0.05) is 5.41 Å². The van der Waals surface area contributed by atoms with Gasteiger partial charge in [0.15, 0.2) is 5.78 Å². The number of hydrogen-bond acceptors (Lipinski definition) is 6. The van der Waals surface area contributed by atoms with E-state index in [1.165, 1.54) is 0 Å². The molecule has 0 saturated heterocycles. The first-order valence-corrected chi connectivity index (χ1v) is 9.76. The zero-order valence-corrected chi connectivity index (χ0v) is 16.4. The number of carbonyl (C=O) groups excluding carboxylic acids is 2. The highest BCUT2D eigenvalue weighted by atomic mass is 16.3. The third kappa shape index (κ3) is 3.83. The molecule has 7 heteroatoms. The highest BCUT2D eigenvalue weighted by molar-refractivity contribution is 6.01. The van der Waals surface area contributed by atoms with E-state index in [2.05, 4.69) is 13.5 Å². The summed E-state index contributed by atoms with van der Waals surface area (Å²) >= 11 is 0. The summed E-state index contributed by atoms with van der Waals surface area (Å²) in [5, 5.41) is 29.7. The number of fused-ring (bicyclic) bond motifs is 1. The zero-order valence-electron chi connectivity index (χ0n) is 16.4. The van der Waals surface area contributed by atoms with E-state index < -0.39 is 35.7 Å². The summed E-state index contributed by atoms with van der Waals surface area (Å²) in [6, 6.07) is 0. The van der Waals surface area contributed by atoms with E-state index in [-0.39, 0.29) is 30.3 Å². The van der Waals surface area contributed by atoms with Crippen LogP contribution in [-0.2, 0) is 9.59 Å². The van der Waals surface area contributed by atoms with Crippen LogP contribution in [0.5, 0.6) is 0 Å². The Hall–Kier alpha value is -1.28. The average molecular weight is 383 g/mol. The SMILES string of the molecule is C=C1CCC2C(C)(CO)C(O)CCC2(C)C1CCC(C(=O)CO)C(=O)NN. The predicted molar refractivity (Wildman–Crippen MR) is 101 cm³/mol. The molecule has 7 nitrogen and oxygen atoms in total. The number of aliphatic hydroxyl groups excluding tert-OH is 3. The molecular formula is C20H34N2O5. The van der Waals surface area contributed by atoms with Gasteiger partial charge in [-0.1, -0.05) is 26.0 Å². The second-order valence-electron chi connectivity index (χ2n) is 8.79. The van der Waals surface area contributed by atoms with Gasteiger partial charge < -0.3 is 15.3 Å². The van der Waals surface area contributed by atoms with E-state index in [0.717, 1.165) is 24.8 Å². The second kappa shape index (κ2) is 8.39. The number of hydrogen-bond donors (Lipinski definition) is 5. The third-order valence-electron chi connectivity index (χ3n) is 7.44. The van der Waals surface area contributed by atoms with Gasteiger partial charge in [0.1, 0.15) is 12.5 Å². The molecule has 0 spiro atoms. The zero-order chi connectivity index (χ0) is 20.4. The van der Waals surface area contributed by atoms with Crippen molar-refractivity contribution in [1.82, 2.24) is 5.43 Å². The number of amides is 1. The van der Waals surface area contributed by atoms with E-state index in [1.54, 1.807) is 0 Å². The molecular weight excluding hydrogens is 348 g/mol. The minimum Gasteiger partial charge on any atom is -0.396 e. The van der Waals surface area contributed by atoms with Gasteiger partial charge in [0.2, 0.25) is 5.91 Å². The molecule has 2 aliphatic rings. The van der Waals surface area contributed by atoms with Gasteiger partial charge in [-0.05, 0) is 55.8 Å². The number of nitrogens with one attached hydrogen (secondary N) is 1. The maximum atomic E-state index is 12.0. The predicted octanol–water partition coefficient (Wildman–Crippen LogP) is 0.676. The van der Waals surface area contributed by atoms with Crippen molar-refractivity contribution in [3.63, 3.8) is 0 Å². The summed E-state index contributed by atoms with van der Waals surface area (Å²) in [6.45, 7) is 7.61. The summed E-state index contributed by atoms with van der Waals surface area (Å²) in [6.07, 6.45) is 3.40. The minimum absolute atomic E-state index is 0.0746. The van der Waals surface area contributed by atoms with Crippen LogP contribution in [0.25, 0.3) is 0 Å². The first-order chi connectivity index (χ1) is 12.7. The molecule has 6 N–H and O–H groups in total. The topological polar surface area (TPSA) is 133 Å². The molecule has 2 fully saturated rings. The van der Waals surface area contributed by atoms with Crippen molar-refractivity contribution in [2.45, 2.75) is 58.5 Å². The molecule has 0 aromatic heterocycles. The quantitative estimate of drug-likeness (QED) is 0.145. The molecule has 1 amide bonds. The third-order valence-corrected chi connectivity index (χ3v) is 7.44. The van der Waals surface area contributed by atoms with E-state index in [0.29, 0.717) is 12.8 Å². The standard InChI is InChI=1S/C20H34N2O5/c1-12-4-7-16-19(2,9-8-17(26)20(16,3)11-24)14(12)6-5-13(15(25)10-23)18(27)22-21/h13-14,16-17,23-24,26H,1,4-11,21H2,2-3H3,(H,22,27). The lowest BCUT2D eigenvalue weighted by Gasteiger charge is -2.60. The van der Waals surface area contributed by atoms with Crippen LogP contribution in [0.2, 0.25) is 0 Å². The maximum Gasteiger partial charge on any atom is 0.244 e. The molecule has 154 valence electrons. The van der Waals surface area contributed by atoms with Gasteiger partial charge in [-0.2, -0.15) is 0 Å². The number of hydrazine groups is 1. The van der Waals surface area contributed by atoms with Crippen LogP contribution in [0.3, 0.4) is 0 Å². The molecule has 27 heavy (non-hydrogen) atoms. The van der Waals surface area contributed by atoms with Crippen molar-refractivity contribution in [3.05, 3.63) is 12.2 Å². The Kier molecular flexibility index (Phi) is 6.84. The molecule has 6 atom stereocenters. The van der Waals surface area contributed by atoms with Gasteiger partial charge in [0.05, 0.1) is 12.7 Å². The number of nitrogens with two attached hydrogens (primary N) is 1. The maximum absolute atomic E-state index is 12.0. The van der Waals surface area contributed by atoms with Crippen LogP contribution in [0.4, 0.5) is 0 Å². The molecule has 2 saturated carbocycles. The lowest BCUT2D eigenvalue weighted by Crippen LogP contribution is -2.57. The fourth-order valence-electron chi connectivity index (χ4n) is 5.72. The Balaban J connectivity index is 2.25. The fourth-order valence-corrected chi connectivity index (χ4v) is 5.72. The summed E-state index contributed by atoms with van der Waals surface area (Å²) < 4.78 is 0. The smallest absolute Gasteiger partial charge is 0.244 e. The number of allylic oxidation sites excluding steroid dienone is 1. The monoisotopic (exact) mass is 382 g/mol. The number of carbonyl (C=O) groups is 2. The first kappa shape index (κ1) is 22.0. The van der Waals surface area contributed by atoms with Crippen LogP contribution in [0.1, 0.15) is 52.4 Å². The Morgan fingerprint density at radius 2 is 2.00 bits per heavy atom. The Morgan fingerprint density at radius 3 is 2.56 bits per heavy atom. The van der Waals surface area contributed by atoms with Crippen LogP contribution < -0.4 is 11.3 Å². The Labute approximate surface area is 161 Å². The molecule has 0 aliphatic heterocycles. The number of aliphatic hydroxyl groups is 3. The van der Waals surface area contributed by atoms with Crippen molar-refractivity contribution < 1.29 is 24.9 Å². The molecule has 2 rings (SSSR count). The van der Waals surface area contributed by atoms with Gasteiger partial charge in [-0.25, -0.2) is 5.84 Å². The number of rotatable bonds is 7. The molecule has 0 radical (unpaired) electrons. The van der Waals surface area contributed by atoms with Gasteiger partial charge in [-0.15, -0.1) is 0 Å². The molecule has 0 bridgehead atoms. The Morgan fingerprint density at radius 1 is 1.33 bits per heavy atom. The van der Waals surface area contributed by atoms with Crippen molar-refractivity contribution in [2.75, 3.05) is 13.2 Å². The highest BCUT2D eigenvalue weighted by Crippen LogP contribution is 2.61. The molecule has 6 unspecified atom stereocenters. The molecule has 0 aromatic rings. The van der Waals surface area contributed by atoms with Crippen LogP contribution >= 0.6 is 0 Å². The normalized spacial score (nSPS) is 37.4. The van der Waals surface area contributed by atoms with Gasteiger partial charge in [-0.3, -0.25) is 15.0 Å². The summed E-state index contributed by atoms with van der Waals surface area (Å²) in [5.41, 5.74) is 2.37. The fraction of sp³-hybridized carbons (Fsp3) is 0.800. The van der Waals surface area contributed by atoms with Crippen LogP contribution in [-0.4, -0.2) is 46.3 Å². The largest absolute Gasteiger partial charge is 0.396 e. The minimum atomic E-state index is -0.977. The molecule has 0 aromatic carbocycles. The first-order valence-electron chi connectivity index (χ1n) is 9.76. The summed E-state index contributed by atoms with van der Waals surface area (Å²) in [7, 11) is 0. The lowest BCUT2D eigenvalue weighted by atomic mass is 9.46. The Bertz CT molecular complexity index is 579. The van der Waals surface area contributed by atoms with E-state index >= 15 is 0 Å². The van der Waals surface area contributed by atoms with Gasteiger partial charge >= 0.3 is 0 Å². The molecule has 2 aliphatic carbocycles. The van der Waals surface area contributed by atoms with Gasteiger partial charge in [0.25, 0.3) is 0 Å². The lowest BCUT2D eigenvalue weighted by molar-refractivity contribution is -0.153. The summed E-state index contributed by atoms with van der Waals surface area (Å²) in [4.78, 5) is 23.9. The number of Topliss-reactive ketones (excluding diaryl/α,β-unsaturated/α-hetero) is 1. The summed E-state index contributed by atoms with van der Waals surface area (Å²) in [5.74, 6) is 3.30. The molecule has 0 heterocycles. The van der Waals surface area contributed by atoms with Crippen LogP contribution in [0, 0.1) is 28.6 Å². The van der Waals surface area contributed by atoms with Crippen LogP contribution in [0.15, 0.2) is 12.2 Å². The van der Waals surface area contributed by atoms with Crippen molar-refractivity contribution in [3.8, 4) is 0 Å². The number of ketones is 1. The van der Waals surface area contributed by atoms with E-state index in [4.69, 9.17) is 10.9 Å². The van der Waals surface area contributed by atoms with E-state index in [9.17, 15) is 19.8 Å². The van der Waals surface area contributed by atoms with Crippen molar-refractivity contribution in [2.24, 2.45) is 34.4 Å².